The largest absolute Gasteiger partial charge is 0.487 e. The number of rotatable bonds is 8. The second kappa shape index (κ2) is 17.0. The first-order valence-electron chi connectivity index (χ1n) is 9.54. The smallest absolute Gasteiger partial charge is 0.204 e. The van der Waals surface area contributed by atoms with Crippen LogP contribution in [-0.4, -0.2) is 18.3 Å². The third kappa shape index (κ3) is 8.63. The van der Waals surface area contributed by atoms with Crippen LogP contribution in [0.2, 0.25) is 0 Å². The lowest BCUT2D eigenvalue weighted by molar-refractivity contribution is 0.276. The maximum atomic E-state index is 13.3. The van der Waals surface area contributed by atoms with Crippen molar-refractivity contribution in [2.45, 2.75) is 20.3 Å². The van der Waals surface area contributed by atoms with Crippen LogP contribution >= 0.6 is 0 Å². The maximum Gasteiger partial charge on any atom is 0.204 e. The van der Waals surface area contributed by atoms with E-state index in [-0.39, 0.29) is 20.6 Å². The van der Waals surface area contributed by atoms with Crippen LogP contribution in [0.5, 0.6) is 5.75 Å². The van der Waals surface area contributed by atoms with Crippen molar-refractivity contribution in [3.8, 4) is 5.75 Å². The molecule has 2 nitrogen and oxygen atoms in total. The van der Waals surface area contributed by atoms with Gasteiger partial charge in [-0.15, -0.1) is 13.2 Å². The van der Waals surface area contributed by atoms with Crippen LogP contribution in [0.4, 0.5) is 39.5 Å². The third-order valence-electron chi connectivity index (χ3n) is 3.81. The fraction of sp³-hybridized carbons (Fsp3) is 0.200. The number of hydrogen-bond donors (Lipinski definition) is 1. The van der Waals surface area contributed by atoms with Gasteiger partial charge in [0.1, 0.15) is 0 Å². The van der Waals surface area contributed by atoms with Crippen LogP contribution < -0.4 is 4.74 Å². The predicted molar refractivity (Wildman–Crippen MR) is 122 cm³/mol. The molecule has 0 fully saturated rings. The standard InChI is InChI=1S/C12H10F4O.C8H3F5.C4H8O.CH4/c1-3-5-6-17-12-10(15)8(13)7(4-2)9(14)11(12)16;1-2-3-4(9)6(11)8(13)7(12)5(3)10;1-2-3-4-5;/h3-4H,1-2,5-6H2;2H,1H2;2,5H,1,3-4H2;1H4. The van der Waals surface area contributed by atoms with Gasteiger partial charge in [-0.3, -0.25) is 0 Å². The molecule has 0 spiro atoms. The first-order valence-corrected chi connectivity index (χ1v) is 9.54. The third-order valence-corrected chi connectivity index (χ3v) is 3.81. The molecule has 0 atom stereocenters. The minimum atomic E-state index is -2.17. The quantitative estimate of drug-likeness (QED) is 0.124. The second-order valence-electron chi connectivity index (χ2n) is 6.12. The van der Waals surface area contributed by atoms with Crippen molar-refractivity contribution in [3.05, 3.63) is 102 Å². The molecule has 0 radical (unpaired) electrons. The summed E-state index contributed by atoms with van der Waals surface area (Å²) >= 11 is 0. The molecule has 2 rings (SSSR count). The van der Waals surface area contributed by atoms with E-state index >= 15 is 0 Å². The summed E-state index contributed by atoms with van der Waals surface area (Å²) in [7, 11) is 0. The maximum absolute atomic E-state index is 13.3. The summed E-state index contributed by atoms with van der Waals surface area (Å²) in [4.78, 5) is 0. The van der Waals surface area contributed by atoms with Crippen LogP contribution in [0.3, 0.4) is 0 Å². The summed E-state index contributed by atoms with van der Waals surface area (Å²) < 4.78 is 120. The molecular weight excluding hydrogens is 503 g/mol. The van der Waals surface area contributed by atoms with E-state index in [1.54, 1.807) is 6.08 Å². The molecule has 0 aliphatic rings. The number of hydrogen-bond acceptors (Lipinski definition) is 2. The molecule has 0 amide bonds. The van der Waals surface area contributed by atoms with Crippen LogP contribution in [0.1, 0.15) is 31.4 Å². The number of aliphatic hydroxyl groups excluding tert-OH is 1. The van der Waals surface area contributed by atoms with Gasteiger partial charge in [0.25, 0.3) is 0 Å². The molecule has 0 aromatic heterocycles. The molecule has 36 heavy (non-hydrogen) atoms. The summed E-state index contributed by atoms with van der Waals surface area (Å²) in [6.07, 6.45) is 5.40. The molecule has 0 saturated heterocycles. The molecule has 0 aliphatic carbocycles. The topological polar surface area (TPSA) is 29.5 Å². The van der Waals surface area contributed by atoms with Crippen molar-refractivity contribution in [2.75, 3.05) is 13.2 Å². The molecule has 200 valence electrons. The highest BCUT2D eigenvalue weighted by molar-refractivity contribution is 5.52. The van der Waals surface area contributed by atoms with E-state index in [2.05, 4.69) is 31.1 Å². The molecule has 0 heterocycles. The van der Waals surface area contributed by atoms with Crippen LogP contribution in [0.25, 0.3) is 12.2 Å². The van der Waals surface area contributed by atoms with E-state index in [0.717, 1.165) is 0 Å². The molecule has 0 saturated carbocycles. The van der Waals surface area contributed by atoms with E-state index < -0.39 is 69.2 Å². The van der Waals surface area contributed by atoms with Crippen LogP contribution in [0.15, 0.2) is 38.5 Å². The van der Waals surface area contributed by atoms with Gasteiger partial charge in [-0.1, -0.05) is 44.9 Å². The van der Waals surface area contributed by atoms with Gasteiger partial charge < -0.3 is 9.84 Å². The highest BCUT2D eigenvalue weighted by Gasteiger charge is 2.25. The lowest BCUT2D eigenvalue weighted by atomic mass is 10.1. The van der Waals surface area contributed by atoms with Crippen LogP contribution in [0, 0.1) is 52.4 Å². The Kier molecular flexibility index (Phi) is 16.4. The van der Waals surface area contributed by atoms with Crippen molar-refractivity contribution in [1.29, 1.82) is 0 Å². The van der Waals surface area contributed by atoms with Crippen molar-refractivity contribution < 1.29 is 49.4 Å². The van der Waals surface area contributed by atoms with Gasteiger partial charge >= 0.3 is 0 Å². The Morgan fingerprint density at radius 1 is 0.556 bits per heavy atom. The zero-order valence-electron chi connectivity index (χ0n) is 18.2. The molecule has 0 aliphatic heterocycles. The molecule has 0 unspecified atom stereocenters. The Morgan fingerprint density at radius 3 is 1.17 bits per heavy atom. The molecule has 2 aromatic rings. The zero-order valence-corrected chi connectivity index (χ0v) is 18.2. The number of halogens is 9. The first-order chi connectivity index (χ1) is 16.5. The normalized spacial score (nSPS) is 9.50. The van der Waals surface area contributed by atoms with Gasteiger partial charge in [-0.2, -0.15) is 8.78 Å². The molecule has 1 N–H and O–H groups in total. The Morgan fingerprint density at radius 2 is 0.889 bits per heavy atom. The Balaban J connectivity index is 0. The summed E-state index contributed by atoms with van der Waals surface area (Å²) in [5.74, 6) is -17.1. The van der Waals surface area contributed by atoms with Gasteiger partial charge in [-0.25, -0.2) is 30.7 Å². The Hall–Kier alpha value is -3.47. The number of benzene rings is 2. The summed E-state index contributed by atoms with van der Waals surface area (Å²) in [5, 5.41) is 8.00. The zero-order chi connectivity index (χ0) is 27.3. The molecule has 2 aromatic carbocycles. The van der Waals surface area contributed by atoms with Crippen molar-refractivity contribution >= 4 is 12.2 Å². The Bertz CT molecular complexity index is 1010. The minimum absolute atomic E-state index is 0. The minimum Gasteiger partial charge on any atom is -0.487 e. The average molecular weight is 528 g/mol. The average Bonchev–Trinajstić information content (AvgIpc) is 2.84. The Labute approximate surface area is 203 Å². The molecular formula is C25H25F9O2. The number of aliphatic hydroxyl groups is 1. The molecule has 11 heteroatoms. The van der Waals surface area contributed by atoms with Gasteiger partial charge in [-0.05, 0) is 12.8 Å². The molecule has 0 bridgehead atoms. The van der Waals surface area contributed by atoms with E-state index in [0.29, 0.717) is 25.0 Å². The van der Waals surface area contributed by atoms with Gasteiger partial charge in [0.05, 0.1) is 17.7 Å². The SMILES string of the molecule is C.C=CCCO.C=CCCOc1c(F)c(F)c(C=C)c(F)c1F.C=Cc1c(F)c(F)c(F)c(F)c1F. The van der Waals surface area contributed by atoms with Gasteiger partial charge in [0.2, 0.25) is 17.5 Å². The monoisotopic (exact) mass is 528 g/mol. The summed E-state index contributed by atoms with van der Waals surface area (Å²) in [6.45, 7) is 12.9. The van der Waals surface area contributed by atoms with E-state index in [4.69, 9.17) is 5.11 Å². The lowest BCUT2D eigenvalue weighted by Crippen LogP contribution is -2.07. The van der Waals surface area contributed by atoms with Crippen LogP contribution in [-0.2, 0) is 0 Å². The number of ether oxygens (including phenoxy) is 1. The van der Waals surface area contributed by atoms with E-state index in [9.17, 15) is 39.5 Å². The van der Waals surface area contributed by atoms with E-state index in [1.165, 1.54) is 6.08 Å². The van der Waals surface area contributed by atoms with Gasteiger partial charge in [0, 0.05) is 6.61 Å². The van der Waals surface area contributed by atoms with E-state index in [1.807, 2.05) is 0 Å². The van der Waals surface area contributed by atoms with Gasteiger partial charge in [0.15, 0.2) is 40.7 Å². The van der Waals surface area contributed by atoms with Crippen molar-refractivity contribution in [1.82, 2.24) is 0 Å². The second-order valence-corrected chi connectivity index (χ2v) is 6.12. The highest BCUT2D eigenvalue weighted by atomic mass is 19.2. The predicted octanol–water partition coefficient (Wildman–Crippen LogP) is 8.06. The summed E-state index contributed by atoms with van der Waals surface area (Å²) in [5.41, 5.74) is -1.87. The van der Waals surface area contributed by atoms with Crippen molar-refractivity contribution in [2.24, 2.45) is 0 Å². The first kappa shape index (κ1) is 34.7. The van der Waals surface area contributed by atoms with Crippen molar-refractivity contribution in [3.63, 3.8) is 0 Å². The fourth-order valence-electron chi connectivity index (χ4n) is 2.07. The lowest BCUT2D eigenvalue weighted by Gasteiger charge is -2.10. The fourth-order valence-corrected chi connectivity index (χ4v) is 2.07. The highest BCUT2D eigenvalue weighted by Crippen LogP contribution is 2.30. The summed E-state index contributed by atoms with van der Waals surface area (Å²) in [6, 6.07) is 0.